The van der Waals surface area contributed by atoms with Crippen LogP contribution in [0.2, 0.25) is 0 Å². The number of carboxylic acids is 1. The molecule has 0 fully saturated rings. The van der Waals surface area contributed by atoms with E-state index in [-0.39, 0.29) is 5.41 Å². The molecule has 0 aliphatic carbocycles. The van der Waals surface area contributed by atoms with Gasteiger partial charge in [-0.05, 0) is 57.7 Å². The highest BCUT2D eigenvalue weighted by atomic mass is 32.1. The van der Waals surface area contributed by atoms with Crippen LogP contribution in [0.25, 0.3) is 5.57 Å². The van der Waals surface area contributed by atoms with Crippen LogP contribution in [0.5, 0.6) is 0 Å². The fraction of sp³-hybridized carbons (Fsp3) is 0.591. The Morgan fingerprint density at radius 2 is 2.15 bits per heavy atom. The standard InChI is InChI=1S/C22H31NO2S/c1-6-7-8-15(2)17-10-12-23-14-19(17)18-13-16(9-11-22(3,4)5)26-20(18)21(24)25/h13,15,23H,6-8,10,12,14H2,1-5H3,(H,24,25). The number of hydrogen-bond donors (Lipinski definition) is 2. The molecule has 1 aromatic rings. The van der Waals surface area contributed by atoms with Crippen LogP contribution in [0.1, 0.15) is 80.4 Å². The highest BCUT2D eigenvalue weighted by Gasteiger charge is 2.24. The number of thiophene rings is 1. The second-order valence-corrected chi connectivity index (χ2v) is 9.18. The molecule has 26 heavy (non-hydrogen) atoms. The molecule has 0 aromatic carbocycles. The highest BCUT2D eigenvalue weighted by Crippen LogP contribution is 2.36. The van der Waals surface area contributed by atoms with Gasteiger partial charge < -0.3 is 10.4 Å². The maximum Gasteiger partial charge on any atom is 0.346 e. The number of hydrogen-bond acceptors (Lipinski definition) is 3. The predicted octanol–water partition coefficient (Wildman–Crippen LogP) is 5.42. The number of nitrogens with one attached hydrogen (secondary N) is 1. The molecule has 0 radical (unpaired) electrons. The fourth-order valence-corrected chi connectivity index (χ4v) is 4.16. The van der Waals surface area contributed by atoms with E-state index in [2.05, 4.69) is 51.8 Å². The Hall–Kier alpha value is -1.57. The number of rotatable bonds is 6. The zero-order chi connectivity index (χ0) is 19.3. The number of aromatic carboxylic acids is 1. The summed E-state index contributed by atoms with van der Waals surface area (Å²) in [6, 6.07) is 1.99. The molecule has 142 valence electrons. The average molecular weight is 374 g/mol. The first kappa shape index (κ1) is 20.7. The van der Waals surface area contributed by atoms with Gasteiger partial charge in [-0.3, -0.25) is 0 Å². The first-order chi connectivity index (χ1) is 12.2. The SMILES string of the molecule is CCCCC(C)C1=C(c2cc(C#CC(C)(C)C)sc2C(=O)O)CNCC1. The normalized spacial score (nSPS) is 16.2. The molecule has 0 saturated heterocycles. The number of carboxylic acid groups (broad SMARTS) is 1. The first-order valence-electron chi connectivity index (χ1n) is 9.56. The topological polar surface area (TPSA) is 49.3 Å². The van der Waals surface area contributed by atoms with E-state index >= 15 is 0 Å². The lowest BCUT2D eigenvalue weighted by Crippen LogP contribution is -2.27. The summed E-state index contributed by atoms with van der Waals surface area (Å²) >= 11 is 1.30. The summed E-state index contributed by atoms with van der Waals surface area (Å²) in [5.41, 5.74) is 3.37. The van der Waals surface area contributed by atoms with Gasteiger partial charge in [-0.15, -0.1) is 11.3 Å². The zero-order valence-corrected chi connectivity index (χ0v) is 17.5. The minimum atomic E-state index is -0.854. The Morgan fingerprint density at radius 1 is 1.42 bits per heavy atom. The maximum absolute atomic E-state index is 11.8. The number of unbranched alkanes of at least 4 members (excludes halogenated alkanes) is 1. The molecule has 2 N–H and O–H groups in total. The van der Waals surface area contributed by atoms with Crippen molar-refractivity contribution < 1.29 is 9.90 Å². The molecule has 1 atom stereocenters. The van der Waals surface area contributed by atoms with Gasteiger partial charge in [0, 0.05) is 17.5 Å². The maximum atomic E-state index is 11.8. The van der Waals surface area contributed by atoms with Crippen molar-refractivity contribution >= 4 is 22.9 Å². The van der Waals surface area contributed by atoms with E-state index in [0.29, 0.717) is 10.8 Å². The molecular weight excluding hydrogens is 342 g/mol. The molecule has 1 aliphatic rings. The lowest BCUT2D eigenvalue weighted by atomic mass is 9.84. The summed E-state index contributed by atoms with van der Waals surface area (Å²) in [5, 5.41) is 13.1. The third kappa shape index (κ3) is 5.46. The van der Waals surface area contributed by atoms with Crippen molar-refractivity contribution in [3.8, 4) is 11.8 Å². The van der Waals surface area contributed by atoms with E-state index in [4.69, 9.17) is 0 Å². The van der Waals surface area contributed by atoms with Gasteiger partial charge in [0.05, 0.1) is 4.88 Å². The molecule has 1 aromatic heterocycles. The summed E-state index contributed by atoms with van der Waals surface area (Å²) in [4.78, 5) is 13.1. The third-order valence-electron chi connectivity index (χ3n) is 4.66. The van der Waals surface area contributed by atoms with Gasteiger partial charge in [0.1, 0.15) is 4.88 Å². The predicted molar refractivity (Wildman–Crippen MR) is 111 cm³/mol. The van der Waals surface area contributed by atoms with E-state index in [1.165, 1.54) is 41.7 Å². The van der Waals surface area contributed by atoms with Crippen LogP contribution < -0.4 is 5.32 Å². The monoisotopic (exact) mass is 373 g/mol. The lowest BCUT2D eigenvalue weighted by molar-refractivity contribution is 0.0702. The quantitative estimate of drug-likeness (QED) is 0.655. The van der Waals surface area contributed by atoms with Crippen molar-refractivity contribution in [1.82, 2.24) is 5.32 Å². The molecule has 2 heterocycles. The zero-order valence-electron chi connectivity index (χ0n) is 16.7. The van der Waals surface area contributed by atoms with Crippen LogP contribution in [0.3, 0.4) is 0 Å². The van der Waals surface area contributed by atoms with Gasteiger partial charge in [-0.1, -0.05) is 44.1 Å². The van der Waals surface area contributed by atoms with Gasteiger partial charge in [0.25, 0.3) is 0 Å². The minimum absolute atomic E-state index is 0.0982. The van der Waals surface area contributed by atoms with Crippen molar-refractivity contribution in [3.05, 3.63) is 27.0 Å². The Labute approximate surface area is 161 Å². The van der Waals surface area contributed by atoms with Crippen molar-refractivity contribution in [2.45, 2.75) is 60.3 Å². The number of carbonyl (C=O) groups is 1. The summed E-state index contributed by atoms with van der Waals surface area (Å²) in [5.74, 6) is 6.04. The molecule has 4 heteroatoms. The smallest absolute Gasteiger partial charge is 0.346 e. The largest absolute Gasteiger partial charge is 0.477 e. The van der Waals surface area contributed by atoms with Gasteiger partial charge >= 0.3 is 5.97 Å². The molecule has 0 saturated carbocycles. The van der Waals surface area contributed by atoms with E-state index in [0.717, 1.165) is 30.0 Å². The summed E-state index contributed by atoms with van der Waals surface area (Å²) < 4.78 is 0. The van der Waals surface area contributed by atoms with Crippen molar-refractivity contribution in [3.63, 3.8) is 0 Å². The molecular formula is C22H31NO2S. The summed E-state index contributed by atoms with van der Waals surface area (Å²) in [6.45, 7) is 12.4. The molecule has 0 spiro atoms. The van der Waals surface area contributed by atoms with Crippen LogP contribution >= 0.6 is 11.3 Å². The van der Waals surface area contributed by atoms with Crippen LogP contribution in [-0.2, 0) is 0 Å². The van der Waals surface area contributed by atoms with Crippen LogP contribution in [0, 0.1) is 23.2 Å². The second-order valence-electron chi connectivity index (χ2n) is 8.13. The van der Waals surface area contributed by atoms with Crippen molar-refractivity contribution in [2.24, 2.45) is 11.3 Å². The Bertz CT molecular complexity index is 740. The fourth-order valence-electron chi connectivity index (χ4n) is 3.28. The van der Waals surface area contributed by atoms with E-state index in [9.17, 15) is 9.90 Å². The second kappa shape index (κ2) is 8.88. The molecule has 1 aliphatic heterocycles. The van der Waals surface area contributed by atoms with Crippen molar-refractivity contribution in [2.75, 3.05) is 13.1 Å². The van der Waals surface area contributed by atoms with Crippen LogP contribution in [0.15, 0.2) is 11.6 Å². The molecule has 3 nitrogen and oxygen atoms in total. The van der Waals surface area contributed by atoms with Gasteiger partial charge in [0.15, 0.2) is 0 Å². The lowest BCUT2D eigenvalue weighted by Gasteiger charge is -2.26. The average Bonchev–Trinajstić information content (AvgIpc) is 3.02. The molecule has 2 rings (SSSR count). The van der Waals surface area contributed by atoms with Crippen molar-refractivity contribution in [1.29, 1.82) is 0 Å². The minimum Gasteiger partial charge on any atom is -0.477 e. The van der Waals surface area contributed by atoms with Gasteiger partial charge in [-0.2, -0.15) is 0 Å². The first-order valence-corrected chi connectivity index (χ1v) is 10.4. The van der Waals surface area contributed by atoms with E-state index in [1.807, 2.05) is 6.07 Å². The third-order valence-corrected chi connectivity index (χ3v) is 5.70. The summed E-state index contributed by atoms with van der Waals surface area (Å²) in [7, 11) is 0. The molecule has 0 bridgehead atoms. The molecule has 1 unspecified atom stereocenters. The van der Waals surface area contributed by atoms with Crippen LogP contribution in [0.4, 0.5) is 0 Å². The van der Waals surface area contributed by atoms with E-state index in [1.54, 1.807) is 0 Å². The molecule has 0 amide bonds. The van der Waals surface area contributed by atoms with Gasteiger partial charge in [0.2, 0.25) is 0 Å². The Kier molecular flexibility index (Phi) is 7.08. The Morgan fingerprint density at radius 3 is 2.77 bits per heavy atom. The summed E-state index contributed by atoms with van der Waals surface area (Å²) in [6.07, 6.45) is 4.57. The van der Waals surface area contributed by atoms with Gasteiger partial charge in [-0.25, -0.2) is 4.79 Å². The highest BCUT2D eigenvalue weighted by molar-refractivity contribution is 7.14. The Balaban J connectivity index is 2.48. The van der Waals surface area contributed by atoms with Crippen LogP contribution in [-0.4, -0.2) is 24.2 Å². The van der Waals surface area contributed by atoms with E-state index < -0.39 is 5.97 Å².